The molecule has 1 fully saturated rings. The highest BCUT2D eigenvalue weighted by atomic mass is 19.1. The van der Waals surface area contributed by atoms with E-state index in [1.165, 1.54) is 6.07 Å². The number of nitrogens with zero attached hydrogens (tertiary/aromatic N) is 3. The monoisotopic (exact) mass is 344 g/mol. The molecule has 0 spiro atoms. The summed E-state index contributed by atoms with van der Waals surface area (Å²) in [5.74, 6) is 0.637. The molecule has 3 rings (SSSR count). The minimum Gasteiger partial charge on any atom is -0.481 e. The van der Waals surface area contributed by atoms with E-state index in [0.717, 1.165) is 0 Å². The van der Waals surface area contributed by atoms with E-state index >= 15 is 0 Å². The standard InChI is InChI=1S/C18H21FN4O2/c1-12-14(19)4-3-5-15(12)21-17(24)13-7-10-23(11-8-13)18-20-9-6-16(22-18)25-2/h3-6,9,13H,7-8,10-11H2,1-2H3,(H,21,24). The minimum atomic E-state index is -0.317. The predicted molar refractivity (Wildman–Crippen MR) is 93.3 cm³/mol. The number of carbonyl (C=O) groups is 1. The van der Waals surface area contributed by atoms with Gasteiger partial charge < -0.3 is 15.0 Å². The SMILES string of the molecule is COc1ccnc(N2CCC(C(=O)Nc3cccc(F)c3C)CC2)n1. The number of piperidine rings is 1. The number of hydrogen-bond acceptors (Lipinski definition) is 5. The van der Waals surface area contributed by atoms with Crippen molar-refractivity contribution in [2.24, 2.45) is 5.92 Å². The number of methoxy groups -OCH3 is 1. The maximum absolute atomic E-state index is 13.6. The molecule has 0 bridgehead atoms. The van der Waals surface area contributed by atoms with Crippen LogP contribution in [0.2, 0.25) is 0 Å². The summed E-state index contributed by atoms with van der Waals surface area (Å²) in [4.78, 5) is 23.1. The van der Waals surface area contributed by atoms with Crippen LogP contribution in [0.4, 0.5) is 16.0 Å². The fourth-order valence-electron chi connectivity index (χ4n) is 2.92. The van der Waals surface area contributed by atoms with E-state index in [1.807, 2.05) is 4.90 Å². The van der Waals surface area contributed by atoms with E-state index in [-0.39, 0.29) is 17.6 Å². The van der Waals surface area contributed by atoms with Crippen LogP contribution in [0.1, 0.15) is 18.4 Å². The Morgan fingerprint density at radius 2 is 2.08 bits per heavy atom. The molecule has 1 N–H and O–H groups in total. The number of anilines is 2. The highest BCUT2D eigenvalue weighted by Gasteiger charge is 2.26. The fourth-order valence-corrected chi connectivity index (χ4v) is 2.92. The summed E-state index contributed by atoms with van der Waals surface area (Å²) >= 11 is 0. The molecule has 1 aliphatic rings. The number of benzene rings is 1. The largest absolute Gasteiger partial charge is 0.481 e. The molecule has 0 atom stereocenters. The van der Waals surface area contributed by atoms with Gasteiger partial charge in [0, 0.05) is 42.5 Å². The van der Waals surface area contributed by atoms with Crippen LogP contribution in [0.3, 0.4) is 0 Å². The van der Waals surface area contributed by atoms with Crippen molar-refractivity contribution in [3.05, 3.63) is 41.8 Å². The van der Waals surface area contributed by atoms with Gasteiger partial charge in [0.15, 0.2) is 0 Å². The summed E-state index contributed by atoms with van der Waals surface area (Å²) in [5.41, 5.74) is 0.988. The second-order valence-corrected chi connectivity index (χ2v) is 6.06. The Labute approximate surface area is 146 Å². The van der Waals surface area contributed by atoms with E-state index in [4.69, 9.17) is 4.74 Å². The highest BCUT2D eigenvalue weighted by Crippen LogP contribution is 2.24. The van der Waals surface area contributed by atoms with E-state index in [2.05, 4.69) is 15.3 Å². The summed E-state index contributed by atoms with van der Waals surface area (Å²) in [7, 11) is 1.57. The maximum atomic E-state index is 13.6. The van der Waals surface area contributed by atoms with Gasteiger partial charge in [-0.25, -0.2) is 9.37 Å². The van der Waals surface area contributed by atoms with Crippen LogP contribution in [0.15, 0.2) is 30.5 Å². The number of carbonyl (C=O) groups excluding carboxylic acids is 1. The van der Waals surface area contributed by atoms with Crippen molar-refractivity contribution < 1.29 is 13.9 Å². The molecule has 1 amide bonds. The second-order valence-electron chi connectivity index (χ2n) is 6.06. The Bertz CT molecular complexity index is 760. The molecule has 2 aromatic rings. The van der Waals surface area contributed by atoms with Gasteiger partial charge >= 0.3 is 0 Å². The molecular weight excluding hydrogens is 323 g/mol. The normalized spacial score (nSPS) is 15.1. The zero-order valence-corrected chi connectivity index (χ0v) is 14.3. The van der Waals surface area contributed by atoms with Crippen molar-refractivity contribution in [3.8, 4) is 5.88 Å². The molecule has 6 nitrogen and oxygen atoms in total. The van der Waals surface area contributed by atoms with Crippen molar-refractivity contribution in [1.82, 2.24) is 9.97 Å². The van der Waals surface area contributed by atoms with Crippen molar-refractivity contribution in [2.75, 3.05) is 30.4 Å². The quantitative estimate of drug-likeness (QED) is 0.924. The molecule has 1 saturated heterocycles. The van der Waals surface area contributed by atoms with Crippen LogP contribution >= 0.6 is 0 Å². The van der Waals surface area contributed by atoms with Crippen LogP contribution in [0.25, 0.3) is 0 Å². The number of amides is 1. The average molecular weight is 344 g/mol. The third-order valence-corrected chi connectivity index (χ3v) is 4.50. The van der Waals surface area contributed by atoms with Crippen LogP contribution in [-0.4, -0.2) is 36.1 Å². The smallest absolute Gasteiger partial charge is 0.228 e. The third-order valence-electron chi connectivity index (χ3n) is 4.50. The molecule has 1 aliphatic heterocycles. The second kappa shape index (κ2) is 7.46. The highest BCUT2D eigenvalue weighted by molar-refractivity contribution is 5.93. The number of nitrogens with one attached hydrogen (secondary N) is 1. The van der Waals surface area contributed by atoms with Gasteiger partial charge in [0.1, 0.15) is 5.82 Å². The van der Waals surface area contributed by atoms with E-state index in [9.17, 15) is 9.18 Å². The Morgan fingerprint density at radius 3 is 2.80 bits per heavy atom. The predicted octanol–water partition coefficient (Wildman–Crippen LogP) is 2.79. The first-order valence-corrected chi connectivity index (χ1v) is 8.26. The summed E-state index contributed by atoms with van der Waals surface area (Å²) < 4.78 is 18.7. The Kier molecular flexibility index (Phi) is 5.11. The Morgan fingerprint density at radius 1 is 1.32 bits per heavy atom. The summed E-state index contributed by atoms with van der Waals surface area (Å²) in [6, 6.07) is 6.40. The Balaban J connectivity index is 1.60. The number of aromatic nitrogens is 2. The van der Waals surface area contributed by atoms with Gasteiger partial charge in [-0.1, -0.05) is 6.07 Å². The lowest BCUT2D eigenvalue weighted by Gasteiger charge is -2.31. The zero-order chi connectivity index (χ0) is 17.8. The molecule has 0 radical (unpaired) electrons. The maximum Gasteiger partial charge on any atom is 0.228 e. The van der Waals surface area contributed by atoms with Crippen LogP contribution in [0.5, 0.6) is 5.88 Å². The first kappa shape index (κ1) is 17.1. The molecule has 0 aliphatic carbocycles. The number of halogens is 1. The molecule has 0 unspecified atom stereocenters. The summed E-state index contributed by atoms with van der Waals surface area (Å²) in [6.45, 7) is 3.04. The first-order valence-electron chi connectivity index (χ1n) is 8.26. The molecule has 1 aromatic heterocycles. The molecular formula is C18H21FN4O2. The Hall–Kier alpha value is -2.70. The van der Waals surface area contributed by atoms with Crippen molar-refractivity contribution in [1.29, 1.82) is 0 Å². The minimum absolute atomic E-state index is 0.0695. The fraction of sp³-hybridized carbons (Fsp3) is 0.389. The van der Waals surface area contributed by atoms with Crippen LogP contribution < -0.4 is 15.0 Å². The topological polar surface area (TPSA) is 67.3 Å². The van der Waals surface area contributed by atoms with E-state index in [0.29, 0.717) is 49.0 Å². The van der Waals surface area contributed by atoms with Gasteiger partial charge in [-0.15, -0.1) is 0 Å². The van der Waals surface area contributed by atoms with Crippen LogP contribution in [-0.2, 0) is 4.79 Å². The molecule has 0 saturated carbocycles. The molecule has 132 valence electrons. The lowest BCUT2D eigenvalue weighted by atomic mass is 9.96. The van der Waals surface area contributed by atoms with Gasteiger partial charge in [-0.3, -0.25) is 4.79 Å². The van der Waals surface area contributed by atoms with E-state index in [1.54, 1.807) is 38.4 Å². The summed E-state index contributed by atoms with van der Waals surface area (Å²) in [6.07, 6.45) is 3.05. The van der Waals surface area contributed by atoms with Gasteiger partial charge in [0.25, 0.3) is 0 Å². The number of rotatable bonds is 4. The lowest BCUT2D eigenvalue weighted by Crippen LogP contribution is -2.39. The van der Waals surface area contributed by atoms with Gasteiger partial charge in [-0.05, 0) is 31.9 Å². The molecule has 7 heteroatoms. The van der Waals surface area contributed by atoms with Crippen molar-refractivity contribution in [2.45, 2.75) is 19.8 Å². The van der Waals surface area contributed by atoms with Crippen molar-refractivity contribution >= 4 is 17.5 Å². The lowest BCUT2D eigenvalue weighted by molar-refractivity contribution is -0.120. The van der Waals surface area contributed by atoms with Gasteiger partial charge in [0.05, 0.1) is 7.11 Å². The molecule has 2 heterocycles. The first-order chi connectivity index (χ1) is 12.1. The average Bonchev–Trinajstić information content (AvgIpc) is 2.65. The zero-order valence-electron chi connectivity index (χ0n) is 14.3. The van der Waals surface area contributed by atoms with Gasteiger partial charge in [0.2, 0.25) is 17.7 Å². The summed E-state index contributed by atoms with van der Waals surface area (Å²) in [5, 5.41) is 2.84. The number of ether oxygens (including phenoxy) is 1. The molecule has 1 aromatic carbocycles. The van der Waals surface area contributed by atoms with Crippen LogP contribution in [0, 0.1) is 18.7 Å². The number of hydrogen-bond donors (Lipinski definition) is 1. The van der Waals surface area contributed by atoms with Gasteiger partial charge in [-0.2, -0.15) is 4.98 Å². The third kappa shape index (κ3) is 3.87. The van der Waals surface area contributed by atoms with E-state index < -0.39 is 0 Å². The van der Waals surface area contributed by atoms with Crippen molar-refractivity contribution in [3.63, 3.8) is 0 Å². The molecule has 25 heavy (non-hydrogen) atoms.